The van der Waals surface area contributed by atoms with E-state index in [0.717, 1.165) is 23.4 Å². The van der Waals surface area contributed by atoms with Crippen molar-refractivity contribution < 1.29 is 27.3 Å². The van der Waals surface area contributed by atoms with Crippen molar-refractivity contribution in [3.05, 3.63) is 45.8 Å². The predicted molar refractivity (Wildman–Crippen MR) is 103 cm³/mol. The highest BCUT2D eigenvalue weighted by atomic mass is 35.5. The molecule has 1 heterocycles. The number of anilines is 1. The monoisotopic (exact) mass is 426 g/mol. The molecule has 1 fully saturated rings. The van der Waals surface area contributed by atoms with E-state index in [-0.39, 0.29) is 40.1 Å². The number of carbonyl (C=O) groups excluding carboxylic acids is 2. The van der Waals surface area contributed by atoms with Gasteiger partial charge in [0.05, 0.1) is 18.6 Å². The van der Waals surface area contributed by atoms with E-state index in [1.54, 1.807) is 6.92 Å². The molecule has 0 spiro atoms. The van der Waals surface area contributed by atoms with E-state index < -0.39 is 21.8 Å². The van der Waals surface area contributed by atoms with E-state index in [0.29, 0.717) is 5.76 Å². The first-order valence-electron chi connectivity index (χ1n) is 8.60. The number of ether oxygens (including phenoxy) is 1. The Morgan fingerprint density at radius 2 is 2.04 bits per heavy atom. The Morgan fingerprint density at radius 1 is 1.36 bits per heavy atom. The van der Waals surface area contributed by atoms with Crippen LogP contribution >= 0.6 is 11.6 Å². The van der Waals surface area contributed by atoms with Gasteiger partial charge in [-0.25, -0.2) is 13.2 Å². The second-order valence-corrected chi connectivity index (χ2v) is 8.94. The van der Waals surface area contributed by atoms with Crippen molar-refractivity contribution >= 4 is 39.1 Å². The molecule has 0 unspecified atom stereocenters. The Hall–Kier alpha value is -2.39. The van der Waals surface area contributed by atoms with Crippen molar-refractivity contribution in [1.82, 2.24) is 5.16 Å². The van der Waals surface area contributed by atoms with Gasteiger partial charge < -0.3 is 9.26 Å². The lowest BCUT2D eigenvalue weighted by Gasteiger charge is -2.20. The number of sulfonamides is 1. The third-order valence-electron chi connectivity index (χ3n) is 4.40. The quantitative estimate of drug-likeness (QED) is 0.494. The molecule has 0 N–H and O–H groups in total. The molecule has 0 bridgehead atoms. The molecule has 1 aliphatic carbocycles. The van der Waals surface area contributed by atoms with E-state index in [9.17, 15) is 18.0 Å². The Bertz CT molecular complexity index is 1040. The van der Waals surface area contributed by atoms with Crippen molar-refractivity contribution in [2.45, 2.75) is 25.7 Å². The highest BCUT2D eigenvalue weighted by Gasteiger charge is 2.38. The van der Waals surface area contributed by atoms with Gasteiger partial charge in [-0.1, -0.05) is 16.8 Å². The maximum absolute atomic E-state index is 13.4. The minimum Gasteiger partial charge on any atom is -0.461 e. The summed E-state index contributed by atoms with van der Waals surface area (Å²) in [5.74, 6) is -1.03. The van der Waals surface area contributed by atoms with Gasteiger partial charge in [-0.2, -0.15) is 0 Å². The maximum Gasteiger partial charge on any atom is 0.361 e. The van der Waals surface area contributed by atoms with E-state index in [1.165, 1.54) is 25.2 Å². The standard InChI is InChI=1S/C18H19ClN2O6S/c1-4-26-18(23)15-14(17(27-20-15)10-5-6-10)16(22)12-8-7-11(19)9-13(12)21(2)28(3,24)25/h7-10H,4-6H2,1-3H3. The van der Waals surface area contributed by atoms with Gasteiger partial charge in [0.25, 0.3) is 0 Å². The van der Waals surface area contributed by atoms with E-state index in [2.05, 4.69) is 5.16 Å². The molecular weight excluding hydrogens is 408 g/mol. The number of hydrogen-bond acceptors (Lipinski definition) is 7. The molecule has 0 radical (unpaired) electrons. The Balaban J connectivity index is 2.15. The lowest BCUT2D eigenvalue weighted by molar-refractivity contribution is 0.0512. The van der Waals surface area contributed by atoms with Crippen LogP contribution in [0.5, 0.6) is 0 Å². The first-order chi connectivity index (χ1) is 13.1. The van der Waals surface area contributed by atoms with Gasteiger partial charge in [-0.15, -0.1) is 0 Å². The van der Waals surface area contributed by atoms with Gasteiger partial charge in [-0.05, 0) is 38.0 Å². The zero-order valence-corrected chi connectivity index (χ0v) is 17.1. The summed E-state index contributed by atoms with van der Waals surface area (Å²) in [6.07, 6.45) is 2.64. The van der Waals surface area contributed by atoms with Crippen LogP contribution in [0.25, 0.3) is 0 Å². The average molecular weight is 427 g/mol. The first kappa shape index (κ1) is 20.3. The van der Waals surface area contributed by atoms with Crippen LogP contribution in [0, 0.1) is 0 Å². The summed E-state index contributed by atoms with van der Waals surface area (Å²) in [5, 5.41) is 4.02. The average Bonchev–Trinajstić information content (AvgIpc) is 3.38. The van der Waals surface area contributed by atoms with Gasteiger partial charge in [0, 0.05) is 23.6 Å². The van der Waals surface area contributed by atoms with Crippen LogP contribution in [-0.4, -0.2) is 45.2 Å². The van der Waals surface area contributed by atoms with Crippen LogP contribution in [0.2, 0.25) is 5.02 Å². The third-order valence-corrected chi connectivity index (χ3v) is 5.83. The van der Waals surface area contributed by atoms with E-state index in [4.69, 9.17) is 20.9 Å². The van der Waals surface area contributed by atoms with Gasteiger partial charge in [-0.3, -0.25) is 9.10 Å². The molecule has 28 heavy (non-hydrogen) atoms. The van der Waals surface area contributed by atoms with Crippen molar-refractivity contribution in [2.75, 3.05) is 24.2 Å². The van der Waals surface area contributed by atoms with Crippen LogP contribution in [-0.2, 0) is 14.8 Å². The Labute approximate surface area is 167 Å². The summed E-state index contributed by atoms with van der Waals surface area (Å²) in [7, 11) is -2.34. The van der Waals surface area contributed by atoms with Crippen molar-refractivity contribution in [1.29, 1.82) is 0 Å². The van der Waals surface area contributed by atoms with Gasteiger partial charge >= 0.3 is 5.97 Å². The minimum atomic E-state index is -3.65. The number of ketones is 1. The molecule has 1 saturated carbocycles. The highest BCUT2D eigenvalue weighted by Crippen LogP contribution is 2.43. The SMILES string of the molecule is CCOC(=O)c1noc(C2CC2)c1C(=O)c1ccc(Cl)cc1N(C)S(C)(=O)=O. The number of halogens is 1. The highest BCUT2D eigenvalue weighted by molar-refractivity contribution is 7.92. The van der Waals surface area contributed by atoms with Crippen LogP contribution in [0.4, 0.5) is 5.69 Å². The second-order valence-electron chi connectivity index (χ2n) is 6.49. The maximum atomic E-state index is 13.4. The van der Waals surface area contributed by atoms with Crippen molar-refractivity contribution in [2.24, 2.45) is 0 Å². The molecule has 1 aliphatic rings. The Morgan fingerprint density at radius 3 is 2.61 bits per heavy atom. The molecule has 3 rings (SSSR count). The zero-order valence-electron chi connectivity index (χ0n) is 15.6. The van der Waals surface area contributed by atoms with Gasteiger partial charge in [0.15, 0.2) is 5.76 Å². The molecule has 1 aromatic heterocycles. The van der Waals surface area contributed by atoms with Crippen LogP contribution in [0.3, 0.4) is 0 Å². The molecule has 8 nitrogen and oxygen atoms in total. The molecule has 0 saturated heterocycles. The number of rotatable bonds is 7. The summed E-state index contributed by atoms with van der Waals surface area (Å²) in [5.41, 5.74) is -0.0474. The molecule has 0 aliphatic heterocycles. The van der Waals surface area contributed by atoms with E-state index in [1.807, 2.05) is 0 Å². The number of benzene rings is 1. The van der Waals surface area contributed by atoms with E-state index >= 15 is 0 Å². The fourth-order valence-corrected chi connectivity index (χ4v) is 3.43. The number of carbonyl (C=O) groups is 2. The fourth-order valence-electron chi connectivity index (χ4n) is 2.76. The second kappa shape index (κ2) is 7.56. The number of esters is 1. The molecule has 1 aromatic carbocycles. The van der Waals surface area contributed by atoms with Crippen LogP contribution in [0.1, 0.15) is 57.9 Å². The molecule has 0 amide bonds. The zero-order chi connectivity index (χ0) is 20.6. The first-order valence-corrected chi connectivity index (χ1v) is 10.8. The molecular formula is C18H19ClN2O6S. The predicted octanol–water partition coefficient (Wildman–Crippen LogP) is 3.01. The van der Waals surface area contributed by atoms with Crippen LogP contribution in [0.15, 0.2) is 22.7 Å². The number of aromatic nitrogens is 1. The summed E-state index contributed by atoms with van der Waals surface area (Å²) in [6, 6.07) is 4.27. The largest absolute Gasteiger partial charge is 0.461 e. The number of nitrogens with zero attached hydrogens (tertiary/aromatic N) is 2. The summed E-state index contributed by atoms with van der Waals surface area (Å²) >= 11 is 6.02. The Kier molecular flexibility index (Phi) is 5.49. The van der Waals surface area contributed by atoms with Gasteiger partial charge in [0.2, 0.25) is 21.5 Å². The molecule has 10 heteroatoms. The minimum absolute atomic E-state index is 0.00184. The van der Waals surface area contributed by atoms with Crippen LogP contribution < -0.4 is 4.31 Å². The smallest absolute Gasteiger partial charge is 0.361 e. The fraction of sp³-hybridized carbons (Fsp3) is 0.389. The van der Waals surface area contributed by atoms with Crippen molar-refractivity contribution in [3.63, 3.8) is 0 Å². The molecule has 2 aromatic rings. The molecule has 150 valence electrons. The lowest BCUT2D eigenvalue weighted by Crippen LogP contribution is -2.27. The topological polar surface area (TPSA) is 107 Å². The van der Waals surface area contributed by atoms with Crippen molar-refractivity contribution in [3.8, 4) is 0 Å². The van der Waals surface area contributed by atoms with Gasteiger partial charge in [0.1, 0.15) is 5.56 Å². The normalized spacial score (nSPS) is 14.0. The lowest BCUT2D eigenvalue weighted by atomic mass is 9.98. The summed E-state index contributed by atoms with van der Waals surface area (Å²) < 4.78 is 35.3. The number of hydrogen-bond donors (Lipinski definition) is 0. The molecule has 0 atom stereocenters. The summed E-state index contributed by atoms with van der Waals surface area (Å²) in [6.45, 7) is 1.75. The summed E-state index contributed by atoms with van der Waals surface area (Å²) in [4.78, 5) is 25.6. The third kappa shape index (κ3) is 3.90.